The van der Waals surface area contributed by atoms with Gasteiger partial charge in [-0.05, 0) is 172 Å². The molecule has 0 aliphatic carbocycles. The predicted octanol–water partition coefficient (Wildman–Crippen LogP) is 15.8. The summed E-state index contributed by atoms with van der Waals surface area (Å²) in [5, 5.41) is 43.1. The van der Waals surface area contributed by atoms with Crippen molar-refractivity contribution in [1.29, 1.82) is 0 Å². The lowest BCUT2D eigenvalue weighted by Crippen LogP contribution is -2.18. The van der Waals surface area contributed by atoms with Crippen LogP contribution in [-0.4, -0.2) is 129 Å². The number of aromatic hydroxyl groups is 1. The minimum absolute atomic E-state index is 0. The van der Waals surface area contributed by atoms with Crippen LogP contribution in [0.1, 0.15) is 98.1 Å². The fourth-order valence-electron chi connectivity index (χ4n) is 13.2. The lowest BCUT2D eigenvalue weighted by Gasteiger charge is -2.20. The number of ether oxygens (including phenoxy) is 4. The van der Waals surface area contributed by atoms with Crippen molar-refractivity contribution in [3.8, 4) is 45.3 Å². The lowest BCUT2D eigenvalue weighted by atomic mass is 9.86. The zero-order valence-electron chi connectivity index (χ0n) is 63.8. The number of ketones is 2. The van der Waals surface area contributed by atoms with E-state index in [1.807, 2.05) is 94.4 Å². The molecule has 0 unspecified atom stereocenters. The van der Waals surface area contributed by atoms with Crippen LogP contribution in [-0.2, 0) is 56.4 Å². The second-order valence-electron chi connectivity index (χ2n) is 26.6. The van der Waals surface area contributed by atoms with E-state index in [1.165, 1.54) is 36.1 Å². The molecule has 0 saturated carbocycles. The van der Waals surface area contributed by atoms with Crippen molar-refractivity contribution in [3.05, 3.63) is 274 Å². The maximum Gasteiger partial charge on any atom is 0.325 e. The number of carboxylic acids is 1. The van der Waals surface area contributed by atoms with Crippen molar-refractivity contribution in [2.24, 2.45) is 11.5 Å². The molecule has 7 N–H and O–H groups in total. The molecule has 6 heterocycles. The molecule has 2 amide bonds. The van der Waals surface area contributed by atoms with Crippen molar-refractivity contribution in [2.45, 2.75) is 92.3 Å². The number of H-pyrrole nitrogens is 1. The molecule has 0 spiro atoms. The van der Waals surface area contributed by atoms with E-state index >= 15 is 0 Å². The van der Waals surface area contributed by atoms with Gasteiger partial charge in [0.1, 0.15) is 71.2 Å². The second kappa shape index (κ2) is 39.8. The molecule has 14 rings (SSSR count). The number of carbonyl (C=O) groups excluding carboxylic acids is 5. The van der Waals surface area contributed by atoms with Crippen LogP contribution in [0.15, 0.2) is 194 Å². The third kappa shape index (κ3) is 22.3. The average molecular weight is 1650 g/mol. The monoisotopic (exact) mass is 1640 g/mol. The summed E-state index contributed by atoms with van der Waals surface area (Å²) < 4.78 is 80.8. The molecule has 14 aromatic rings. The number of nitrogens with zero attached hydrogens (tertiary/aromatic N) is 9. The first-order chi connectivity index (χ1) is 55.1. The number of halogens is 5. The van der Waals surface area contributed by atoms with Gasteiger partial charge in [0.2, 0.25) is 11.8 Å². The minimum Gasteiger partial charge on any atom is -0.508 e. The number of carbonyl (C=O) groups is 6. The minimum atomic E-state index is -0.910. The van der Waals surface area contributed by atoms with E-state index in [2.05, 4.69) is 56.1 Å². The number of aliphatic carboxylic acids is 1. The third-order valence-electron chi connectivity index (χ3n) is 18.6. The number of hydrogen-bond acceptors (Lipinski definition) is 17. The summed E-state index contributed by atoms with van der Waals surface area (Å²) >= 11 is 2.90. The summed E-state index contributed by atoms with van der Waals surface area (Å²) in [6.45, 7) is 7.33. The number of aryl methyl sites for hydroxylation is 4. The molecule has 24 nitrogen and oxygen atoms in total. The molecule has 0 aliphatic rings. The summed E-state index contributed by atoms with van der Waals surface area (Å²) in [7, 11) is 6.15. The number of aromatic nitrogens is 10. The van der Waals surface area contributed by atoms with Crippen LogP contribution < -0.4 is 25.7 Å². The number of phenols is 1. The maximum absolute atomic E-state index is 14.1. The van der Waals surface area contributed by atoms with Gasteiger partial charge in [0.15, 0.2) is 11.6 Å². The zero-order valence-corrected chi connectivity index (χ0v) is 65.4. The molecular weight excluding hydrogens is 1560 g/mol. The first-order valence-corrected chi connectivity index (χ1v) is 36.9. The number of phenolic OH excluding ortho intramolecular Hbond substituents is 1. The molecular formula is C87H85BrF4N12O12. The number of aromatic amines is 1. The Morgan fingerprint density at radius 2 is 0.888 bits per heavy atom. The van der Waals surface area contributed by atoms with Gasteiger partial charge in [-0.15, -0.1) is 0 Å². The average Bonchev–Trinajstić information content (AvgIpc) is 1.59. The number of primary amides is 2. The Hall–Kier alpha value is -13.4. The van der Waals surface area contributed by atoms with Crippen LogP contribution in [0.25, 0.3) is 65.9 Å². The summed E-state index contributed by atoms with van der Waals surface area (Å²) in [4.78, 5) is 80.5. The van der Waals surface area contributed by atoms with Crippen LogP contribution in [0.4, 0.5) is 17.6 Å². The van der Waals surface area contributed by atoms with Crippen molar-refractivity contribution in [2.75, 3.05) is 33.8 Å². The first-order valence-electron chi connectivity index (χ1n) is 35.8. The van der Waals surface area contributed by atoms with Gasteiger partial charge in [-0.1, -0.05) is 59.8 Å². The number of Topliss-reactive ketones (excluding diaryl/α,β-unsaturated/α-hetero) is 2. The second-order valence-corrected chi connectivity index (χ2v) is 27.2. The number of nitrogens with one attached hydrogen (secondary N) is 1. The predicted molar refractivity (Wildman–Crippen MR) is 437 cm³/mol. The van der Waals surface area contributed by atoms with Gasteiger partial charge >= 0.3 is 11.9 Å². The number of methoxy groups -OCH3 is 4. The largest absolute Gasteiger partial charge is 0.508 e. The van der Waals surface area contributed by atoms with Gasteiger partial charge < -0.3 is 40.6 Å². The first kappa shape index (κ1) is 86.5. The highest BCUT2D eigenvalue weighted by atomic mass is 79.9. The fraction of sp³-hybridized carbons (Fsp3) is 0.218. The number of fused-ring (bicyclic) bond motifs is 4. The van der Waals surface area contributed by atoms with Crippen molar-refractivity contribution in [3.63, 3.8) is 0 Å². The van der Waals surface area contributed by atoms with E-state index in [0.717, 1.165) is 78.8 Å². The molecule has 0 saturated heterocycles. The number of carboxylic acid groups (broad SMARTS) is 1. The van der Waals surface area contributed by atoms with Gasteiger partial charge in [0, 0.05) is 123 Å². The number of benzene rings is 8. The van der Waals surface area contributed by atoms with Gasteiger partial charge in [-0.2, -0.15) is 20.4 Å². The number of alkyl halides is 1. The van der Waals surface area contributed by atoms with Crippen LogP contribution in [0.2, 0.25) is 0 Å². The molecule has 0 radical (unpaired) electrons. The highest BCUT2D eigenvalue weighted by Crippen LogP contribution is 2.37. The number of pyridine rings is 2. The topological polar surface area (TPSA) is 340 Å². The molecule has 6 aromatic heterocycles. The van der Waals surface area contributed by atoms with E-state index in [0.29, 0.717) is 72.9 Å². The van der Waals surface area contributed by atoms with Crippen molar-refractivity contribution >= 4 is 94.9 Å². The van der Waals surface area contributed by atoms with E-state index in [9.17, 15) is 51.4 Å². The highest BCUT2D eigenvalue weighted by Gasteiger charge is 2.27. The van der Waals surface area contributed by atoms with Crippen LogP contribution in [0.5, 0.6) is 23.0 Å². The van der Waals surface area contributed by atoms with Crippen LogP contribution in [0.3, 0.4) is 0 Å². The smallest absolute Gasteiger partial charge is 0.325 e. The van der Waals surface area contributed by atoms with E-state index in [1.54, 1.807) is 122 Å². The van der Waals surface area contributed by atoms with E-state index in [-0.39, 0.29) is 81.4 Å². The van der Waals surface area contributed by atoms with Gasteiger partial charge in [0.05, 0.1) is 79.0 Å². The molecule has 0 aliphatic heterocycles. The van der Waals surface area contributed by atoms with Crippen molar-refractivity contribution < 1.29 is 75.5 Å². The normalized spacial score (nSPS) is 11.3. The lowest BCUT2D eigenvalue weighted by molar-refractivity contribution is -0.138. The fourth-order valence-corrected chi connectivity index (χ4v) is 13.5. The van der Waals surface area contributed by atoms with E-state index < -0.39 is 52.9 Å². The molecule has 600 valence electrons. The molecule has 116 heavy (non-hydrogen) atoms. The number of nitrogens with two attached hydrogens (primary N) is 2. The van der Waals surface area contributed by atoms with Crippen molar-refractivity contribution in [1.82, 2.24) is 49.5 Å². The third-order valence-corrected chi connectivity index (χ3v) is 19.0. The molecule has 0 bridgehead atoms. The number of esters is 1. The Balaban J connectivity index is 0.000000188. The Labute approximate surface area is 673 Å². The van der Waals surface area contributed by atoms with Gasteiger partial charge in [0.25, 0.3) is 0 Å². The molecule has 8 aromatic carbocycles. The number of amides is 2. The number of hydrogen-bond donors (Lipinski definition) is 5. The van der Waals surface area contributed by atoms with E-state index in [4.69, 9.17) is 30.8 Å². The standard InChI is InChI=1S/C32H28F2N4O3.C31H26F2N4O3.C11H12N2O3.C9H10N2O.C3H5BrO2.CH4/c1-19-28-9-8-27(41-2)17-30(28)38(37-19)18-26(39)15-23(11-20-12-24(33)16-25(34)13-20)31-29(7-4-10-36-31)21-5-3-6-22(14-21)32(35)40;1-18-27-8-7-25(38)16-29(27)37(36-18)17-26(39)14-22(10-19-11-23(32)15-24(33)12-19)30-28(6-3-9-35-30)20-4-2-5-21(13-20)31(34)40;1-7-9-4-3-8(16-2)5-10(9)13(12-7)6-11(14)15;1-6-8-4-3-7(12-2)5-9(8)11-10-6;1-6-3(5)2-4;/h3-10,12-14,16-17,23H,11,15,18H2,1-2H3,(H2,35,40);2-9,11-13,15-16,22,38H,10,14,17H2,1H3,(H2,34,40);3-5H,6H2,1-2H3,(H,14,15);3-5H,1-2H3,(H,10,11);2H2,1H3;1H4/t23-;22-;;;;/m11..../s1. The van der Waals surface area contributed by atoms with Crippen LogP contribution in [0, 0.1) is 51.0 Å². The summed E-state index contributed by atoms with van der Waals surface area (Å²) in [5.41, 5.74) is 22.8. The van der Waals surface area contributed by atoms with Gasteiger partial charge in [-0.3, -0.25) is 57.9 Å². The molecule has 0 fully saturated rings. The Kier molecular flexibility index (Phi) is 29.7. The van der Waals surface area contributed by atoms with Gasteiger partial charge in [-0.25, -0.2) is 17.6 Å². The Morgan fingerprint density at radius 1 is 0.491 bits per heavy atom. The summed E-state index contributed by atoms with van der Waals surface area (Å²) in [5.74, 6) is -4.30. The van der Waals surface area contributed by atoms with Crippen LogP contribution >= 0.6 is 15.9 Å². The highest BCUT2D eigenvalue weighted by molar-refractivity contribution is 9.09. The Morgan fingerprint density at radius 3 is 1.28 bits per heavy atom. The zero-order chi connectivity index (χ0) is 82.7. The SMILES string of the molecule is C.COC(=O)CBr.COc1ccc2c(C)[nH]nc2c1.COc1ccc2c(C)nn(CC(=O)C[C@@H](Cc3cc(F)cc(F)c3)c3ncccc3-c3cccc(C(N)=O)c3)c2c1.COc1ccc2c(C)nn(CC(=O)O)c2c1.Cc1nn(CC(=O)C[C@@H](Cc2cc(F)cc(F)c2)c2ncccc2-c2cccc(C(N)=O)c2)c2cc(O)ccc12. The molecule has 29 heteroatoms. The Bertz CT molecular complexity index is 5860. The number of rotatable bonds is 24. The maximum atomic E-state index is 14.1. The summed E-state index contributed by atoms with van der Waals surface area (Å²) in [6, 6.07) is 49.1. The summed E-state index contributed by atoms with van der Waals surface area (Å²) in [6.07, 6.45) is 3.52. The quantitative estimate of drug-likeness (QED) is 0.0213. The molecule has 2 atom stereocenters.